The third-order valence-corrected chi connectivity index (χ3v) is 3.60. The van der Waals surface area contributed by atoms with Crippen LogP contribution in [0.5, 0.6) is 5.88 Å². The molecule has 1 atom stereocenters. The molecule has 2 aliphatic rings. The molecule has 18 heavy (non-hydrogen) atoms. The molecule has 3 rings (SSSR count). The fourth-order valence-electron chi connectivity index (χ4n) is 2.61. The van der Waals surface area contributed by atoms with Crippen LogP contribution in [0, 0.1) is 0 Å². The Balaban J connectivity index is 1.75. The van der Waals surface area contributed by atoms with Crippen LogP contribution in [0.2, 0.25) is 0 Å². The van der Waals surface area contributed by atoms with Gasteiger partial charge in [-0.2, -0.15) is 0 Å². The molecule has 1 N–H and O–H groups in total. The maximum atomic E-state index is 5.98. The predicted molar refractivity (Wildman–Crippen MR) is 70.0 cm³/mol. The van der Waals surface area contributed by atoms with Crippen LogP contribution in [0.25, 0.3) is 0 Å². The first-order valence-corrected chi connectivity index (χ1v) is 6.87. The lowest BCUT2D eigenvalue weighted by Crippen LogP contribution is -2.31. The maximum absolute atomic E-state index is 5.98. The Kier molecular flexibility index (Phi) is 3.59. The van der Waals surface area contributed by atoms with Gasteiger partial charge in [0.1, 0.15) is 6.10 Å². The highest BCUT2D eigenvalue weighted by Crippen LogP contribution is 2.27. The van der Waals surface area contributed by atoms with Gasteiger partial charge in [0.05, 0.1) is 0 Å². The molecule has 98 valence electrons. The Labute approximate surface area is 108 Å². The van der Waals surface area contributed by atoms with Gasteiger partial charge in [-0.1, -0.05) is 0 Å². The number of aromatic nitrogens is 2. The van der Waals surface area contributed by atoms with Crippen molar-refractivity contribution < 1.29 is 4.74 Å². The highest BCUT2D eigenvalue weighted by atomic mass is 16.5. The summed E-state index contributed by atoms with van der Waals surface area (Å²) in [5, 5.41) is 3.30. The third kappa shape index (κ3) is 2.56. The van der Waals surface area contributed by atoms with Crippen molar-refractivity contribution in [2.45, 2.75) is 31.8 Å². The fraction of sp³-hybridized carbons (Fsp3) is 0.692. The molecule has 2 fully saturated rings. The van der Waals surface area contributed by atoms with Crippen LogP contribution in [0.3, 0.4) is 0 Å². The quantitative estimate of drug-likeness (QED) is 0.871. The van der Waals surface area contributed by atoms with Crippen molar-refractivity contribution in [3.05, 3.63) is 12.4 Å². The zero-order chi connectivity index (χ0) is 12.2. The molecule has 3 heterocycles. The zero-order valence-corrected chi connectivity index (χ0v) is 10.6. The minimum atomic E-state index is 0.241. The number of nitrogens with zero attached hydrogens (tertiary/aromatic N) is 3. The molecule has 1 aromatic rings. The molecule has 0 spiro atoms. The van der Waals surface area contributed by atoms with Crippen molar-refractivity contribution in [2.24, 2.45) is 0 Å². The smallest absolute Gasteiger partial charge is 0.257 e. The molecule has 1 aromatic heterocycles. The summed E-state index contributed by atoms with van der Waals surface area (Å²) in [5.74, 6) is 1.62. The molecule has 0 saturated carbocycles. The largest absolute Gasteiger partial charge is 0.470 e. The third-order valence-electron chi connectivity index (χ3n) is 3.60. The van der Waals surface area contributed by atoms with E-state index in [1.807, 2.05) is 0 Å². The highest BCUT2D eigenvalue weighted by Gasteiger charge is 2.22. The van der Waals surface area contributed by atoms with Gasteiger partial charge in [-0.05, 0) is 32.2 Å². The van der Waals surface area contributed by atoms with E-state index in [-0.39, 0.29) is 6.10 Å². The Hall–Kier alpha value is -1.36. The minimum absolute atomic E-state index is 0.241. The summed E-state index contributed by atoms with van der Waals surface area (Å²) in [6.45, 7) is 4.08. The lowest BCUT2D eigenvalue weighted by Gasteiger charge is -2.28. The van der Waals surface area contributed by atoms with Crippen molar-refractivity contribution in [1.82, 2.24) is 15.3 Å². The van der Waals surface area contributed by atoms with E-state index in [0.29, 0.717) is 5.88 Å². The van der Waals surface area contributed by atoms with E-state index in [1.165, 1.54) is 19.3 Å². The average molecular weight is 248 g/mol. The van der Waals surface area contributed by atoms with Crippen LogP contribution in [-0.2, 0) is 0 Å². The summed E-state index contributed by atoms with van der Waals surface area (Å²) >= 11 is 0. The molecular formula is C13H20N4O. The van der Waals surface area contributed by atoms with E-state index < -0.39 is 0 Å². The van der Waals surface area contributed by atoms with E-state index >= 15 is 0 Å². The van der Waals surface area contributed by atoms with Crippen LogP contribution in [0.15, 0.2) is 12.4 Å². The molecule has 5 nitrogen and oxygen atoms in total. The number of hydrogen-bond donors (Lipinski definition) is 1. The second-order valence-electron chi connectivity index (χ2n) is 4.97. The molecule has 1 unspecified atom stereocenters. The summed E-state index contributed by atoms with van der Waals surface area (Å²) in [6.07, 6.45) is 8.55. The number of hydrogen-bond acceptors (Lipinski definition) is 5. The van der Waals surface area contributed by atoms with Gasteiger partial charge in [0.2, 0.25) is 0 Å². The lowest BCUT2D eigenvalue weighted by atomic mass is 10.1. The Morgan fingerprint density at radius 2 is 2.00 bits per heavy atom. The van der Waals surface area contributed by atoms with Gasteiger partial charge in [-0.3, -0.25) is 0 Å². The standard InChI is InChI=1S/C13H20N4O/c1-2-8-17(9-3-1)12-13(16-7-6-15-12)18-11-4-5-14-10-11/h6-7,11,14H,1-5,8-10H2. The van der Waals surface area contributed by atoms with Crippen LogP contribution in [0.4, 0.5) is 5.82 Å². The molecular weight excluding hydrogens is 228 g/mol. The first kappa shape index (κ1) is 11.7. The van der Waals surface area contributed by atoms with Gasteiger partial charge < -0.3 is 15.0 Å². The van der Waals surface area contributed by atoms with E-state index in [4.69, 9.17) is 4.74 Å². The summed E-state index contributed by atoms with van der Waals surface area (Å²) in [6, 6.07) is 0. The van der Waals surface area contributed by atoms with Crippen molar-refractivity contribution in [1.29, 1.82) is 0 Å². The monoisotopic (exact) mass is 248 g/mol. The van der Waals surface area contributed by atoms with Gasteiger partial charge in [0, 0.05) is 32.0 Å². The van der Waals surface area contributed by atoms with Crippen molar-refractivity contribution in [3.63, 3.8) is 0 Å². The Morgan fingerprint density at radius 3 is 2.78 bits per heavy atom. The predicted octanol–water partition coefficient (Wildman–Crippen LogP) is 1.21. The molecule has 5 heteroatoms. The molecule has 0 aliphatic carbocycles. The van der Waals surface area contributed by atoms with Gasteiger partial charge in [-0.25, -0.2) is 9.97 Å². The maximum Gasteiger partial charge on any atom is 0.257 e. The molecule has 2 aliphatic heterocycles. The number of anilines is 1. The van der Waals surface area contributed by atoms with Crippen LogP contribution in [0.1, 0.15) is 25.7 Å². The molecule has 0 aromatic carbocycles. The van der Waals surface area contributed by atoms with Crippen LogP contribution >= 0.6 is 0 Å². The second-order valence-corrected chi connectivity index (χ2v) is 4.97. The van der Waals surface area contributed by atoms with Crippen molar-refractivity contribution >= 4 is 5.82 Å². The van der Waals surface area contributed by atoms with Gasteiger partial charge >= 0.3 is 0 Å². The average Bonchev–Trinajstić information content (AvgIpc) is 2.93. The molecule has 0 radical (unpaired) electrons. The van der Waals surface area contributed by atoms with Crippen LogP contribution < -0.4 is 15.0 Å². The van der Waals surface area contributed by atoms with Gasteiger partial charge in [0.25, 0.3) is 5.88 Å². The van der Waals surface area contributed by atoms with Crippen LogP contribution in [-0.4, -0.2) is 42.3 Å². The Bertz CT molecular complexity index is 386. The molecule has 0 bridgehead atoms. The van der Waals surface area contributed by atoms with Crippen molar-refractivity contribution in [2.75, 3.05) is 31.1 Å². The fourth-order valence-corrected chi connectivity index (χ4v) is 2.61. The van der Waals surface area contributed by atoms with E-state index in [2.05, 4.69) is 20.2 Å². The zero-order valence-electron chi connectivity index (χ0n) is 10.6. The van der Waals surface area contributed by atoms with E-state index in [0.717, 1.165) is 38.4 Å². The Morgan fingerprint density at radius 1 is 1.17 bits per heavy atom. The van der Waals surface area contributed by atoms with Gasteiger partial charge in [0.15, 0.2) is 5.82 Å². The number of piperidine rings is 1. The topological polar surface area (TPSA) is 50.3 Å². The number of rotatable bonds is 3. The van der Waals surface area contributed by atoms with Gasteiger partial charge in [-0.15, -0.1) is 0 Å². The highest BCUT2D eigenvalue weighted by molar-refractivity contribution is 5.48. The SMILES string of the molecule is c1cnc(N2CCCCC2)c(OC2CCNC2)n1. The molecule has 2 saturated heterocycles. The summed E-state index contributed by atoms with van der Waals surface area (Å²) < 4.78 is 5.98. The number of ether oxygens (including phenoxy) is 1. The summed E-state index contributed by atoms with van der Waals surface area (Å²) in [7, 11) is 0. The summed E-state index contributed by atoms with van der Waals surface area (Å²) in [5.41, 5.74) is 0. The minimum Gasteiger partial charge on any atom is -0.470 e. The number of nitrogens with one attached hydrogen (secondary N) is 1. The van der Waals surface area contributed by atoms with Crippen molar-refractivity contribution in [3.8, 4) is 5.88 Å². The molecule has 0 amide bonds. The van der Waals surface area contributed by atoms with E-state index in [1.54, 1.807) is 12.4 Å². The second kappa shape index (κ2) is 5.52. The normalized spacial score (nSPS) is 24.2. The first-order chi connectivity index (χ1) is 8.93. The van der Waals surface area contributed by atoms with E-state index in [9.17, 15) is 0 Å². The lowest BCUT2D eigenvalue weighted by molar-refractivity contribution is 0.213. The first-order valence-electron chi connectivity index (χ1n) is 6.87. The summed E-state index contributed by atoms with van der Waals surface area (Å²) in [4.78, 5) is 11.1.